The maximum absolute atomic E-state index is 11.6. The topological polar surface area (TPSA) is 18.5 Å². The average molecular weight is 445 g/mol. The van der Waals surface area contributed by atoms with Crippen molar-refractivity contribution in [3.63, 3.8) is 0 Å². The number of hydrogen-bond acceptors (Lipinski definition) is 2. The zero-order chi connectivity index (χ0) is 23.4. The molecule has 2 nitrogen and oxygen atoms in total. The fraction of sp³-hybridized carbons (Fsp3) is 0.455. The van der Waals surface area contributed by atoms with Gasteiger partial charge in [-0.25, -0.2) is 0 Å². The number of rotatable bonds is 0. The van der Waals surface area contributed by atoms with Crippen LogP contribution < -0.4 is 0 Å². The van der Waals surface area contributed by atoms with Crippen LogP contribution in [0.1, 0.15) is 21.3 Å². The molecule has 0 amide bonds. The lowest BCUT2D eigenvalue weighted by Gasteiger charge is -2.29. The first-order chi connectivity index (χ1) is 13.3. The predicted molar refractivity (Wildman–Crippen MR) is 111 cm³/mol. The second-order valence-corrected chi connectivity index (χ2v) is 5.75. The quantitative estimate of drug-likeness (QED) is 0.388. The monoisotopic (exact) mass is 444 g/mol. The van der Waals surface area contributed by atoms with Crippen molar-refractivity contribution in [3.8, 4) is 0 Å². The molecule has 2 rings (SSSR count). The predicted octanol–water partition coefficient (Wildman–Crippen LogP) is 7.67. The van der Waals surface area contributed by atoms with Crippen LogP contribution in [0, 0.1) is 5.41 Å². The molecule has 0 aliphatic rings. The van der Waals surface area contributed by atoms with Crippen LogP contribution in [-0.4, -0.2) is 40.8 Å². The summed E-state index contributed by atoms with van der Waals surface area (Å²) in [4.78, 5) is 0. The normalized spacial score (nSPS) is 10.0. The molecule has 0 aliphatic heterocycles. The molecule has 0 radical (unpaired) electrons. The molecule has 0 N–H and O–H groups in total. The van der Waals surface area contributed by atoms with E-state index in [4.69, 9.17) is 0 Å². The van der Waals surface area contributed by atoms with Gasteiger partial charge in [-0.1, -0.05) is 80.2 Å². The van der Waals surface area contributed by atoms with Crippen molar-refractivity contribution in [1.82, 2.24) is 0 Å². The number of benzene rings is 2. The fourth-order valence-electron chi connectivity index (χ4n) is 0.931. The summed E-state index contributed by atoms with van der Waals surface area (Å²) in [5.41, 5.74) is -3.62. The van der Waals surface area contributed by atoms with Crippen molar-refractivity contribution in [1.29, 1.82) is 0 Å². The van der Waals surface area contributed by atoms with Crippen molar-refractivity contribution < 1.29 is 35.8 Å². The molecular weight excluding hydrogens is 410 g/mol. The van der Waals surface area contributed by atoms with Gasteiger partial charge in [0.25, 0.3) is 0 Å². The average Bonchev–Trinajstić information content (AvgIpc) is 2.65. The fourth-order valence-corrected chi connectivity index (χ4v) is 0.931. The Labute approximate surface area is 176 Å². The molecule has 0 atom stereocenters. The maximum Gasteiger partial charge on any atom is 0.402 e. The molecule has 176 valence electrons. The molecule has 0 spiro atoms. The van der Waals surface area contributed by atoms with Crippen molar-refractivity contribution in [2.75, 3.05) is 28.4 Å². The van der Waals surface area contributed by atoms with Crippen LogP contribution in [0.25, 0.3) is 0 Å². The highest BCUT2D eigenvalue weighted by atomic mass is 19.4. The van der Waals surface area contributed by atoms with E-state index in [1.807, 2.05) is 72.8 Å². The number of alkyl halides is 6. The van der Waals surface area contributed by atoms with E-state index >= 15 is 0 Å². The molecule has 0 unspecified atom stereocenters. The summed E-state index contributed by atoms with van der Waals surface area (Å²) in [6.45, 7) is 0.208. The second-order valence-electron chi connectivity index (χ2n) is 5.75. The highest BCUT2D eigenvalue weighted by Crippen LogP contribution is 2.49. The van der Waals surface area contributed by atoms with E-state index in [1.54, 1.807) is 28.4 Å². The Kier molecular flexibility index (Phi) is 23.8. The summed E-state index contributed by atoms with van der Waals surface area (Å²) in [5.74, 6) is 0. The summed E-state index contributed by atoms with van der Waals surface area (Å²) in [6, 6.07) is 24.0. The lowest BCUT2D eigenvalue weighted by atomic mass is 9.92. The third-order valence-corrected chi connectivity index (χ3v) is 2.75. The van der Waals surface area contributed by atoms with Gasteiger partial charge in [-0.15, -0.1) is 0 Å². The smallest absolute Gasteiger partial charge is 0.388 e. The zero-order valence-electron chi connectivity index (χ0n) is 17.5. The van der Waals surface area contributed by atoms with E-state index < -0.39 is 17.8 Å². The summed E-state index contributed by atoms with van der Waals surface area (Å²) >= 11 is 0. The third kappa shape index (κ3) is 20.7. The third-order valence-electron chi connectivity index (χ3n) is 2.75. The Bertz CT molecular complexity index is 438. The molecule has 0 fully saturated rings. The summed E-state index contributed by atoms with van der Waals surface area (Å²) in [7, 11) is 6.50. The Balaban J connectivity index is -0.000000153. The van der Waals surface area contributed by atoms with Gasteiger partial charge in [-0.3, -0.25) is 0 Å². The van der Waals surface area contributed by atoms with Gasteiger partial charge in [-0.2, -0.15) is 26.3 Å². The molecular formula is C22H34F6O2. The number of hydrogen-bond donors (Lipinski definition) is 0. The maximum atomic E-state index is 11.6. The molecule has 0 aromatic heterocycles. The molecule has 0 saturated carbocycles. The molecule has 0 aliphatic carbocycles. The molecule has 0 heterocycles. The van der Waals surface area contributed by atoms with E-state index in [0.717, 1.165) is 0 Å². The lowest BCUT2D eigenvalue weighted by Crippen LogP contribution is -2.44. The van der Waals surface area contributed by atoms with Crippen molar-refractivity contribution in [3.05, 3.63) is 72.8 Å². The van der Waals surface area contributed by atoms with Crippen LogP contribution in [0.5, 0.6) is 0 Å². The van der Waals surface area contributed by atoms with Gasteiger partial charge in [0.15, 0.2) is 5.41 Å². The first-order valence-corrected chi connectivity index (χ1v) is 8.27. The molecule has 8 heteroatoms. The molecule has 30 heavy (non-hydrogen) atoms. The molecule has 2 aromatic carbocycles. The van der Waals surface area contributed by atoms with E-state index in [2.05, 4.69) is 9.47 Å². The summed E-state index contributed by atoms with van der Waals surface area (Å²) in [6.07, 6.45) is -10.5. The lowest BCUT2D eigenvalue weighted by molar-refractivity contribution is -0.327. The number of ether oxygens (including phenoxy) is 2. The minimum Gasteiger partial charge on any atom is -0.388 e. The van der Waals surface area contributed by atoms with Crippen LogP contribution >= 0.6 is 0 Å². The Morgan fingerprint density at radius 3 is 0.567 bits per heavy atom. The molecule has 0 saturated heterocycles. The summed E-state index contributed by atoms with van der Waals surface area (Å²) in [5, 5.41) is 0. The van der Waals surface area contributed by atoms with Crippen LogP contribution in [0.4, 0.5) is 26.3 Å². The first kappa shape index (κ1) is 35.4. The number of methoxy groups -OCH3 is 2. The van der Waals surface area contributed by atoms with Gasteiger partial charge in [0.1, 0.15) is 0 Å². The van der Waals surface area contributed by atoms with Crippen LogP contribution in [0.2, 0.25) is 0 Å². The molecule has 2 aromatic rings. The Morgan fingerprint density at radius 1 is 0.433 bits per heavy atom. The van der Waals surface area contributed by atoms with E-state index in [0.29, 0.717) is 0 Å². The zero-order valence-corrected chi connectivity index (χ0v) is 17.5. The van der Waals surface area contributed by atoms with Crippen molar-refractivity contribution in [2.24, 2.45) is 5.41 Å². The van der Waals surface area contributed by atoms with Crippen molar-refractivity contribution in [2.45, 2.75) is 33.6 Å². The number of halogens is 6. The van der Waals surface area contributed by atoms with Gasteiger partial charge in [-0.05, 0) is 13.8 Å². The summed E-state index contributed by atoms with van der Waals surface area (Å²) < 4.78 is 78.2. The van der Waals surface area contributed by atoms with E-state index in [1.165, 1.54) is 0 Å². The highest BCUT2D eigenvalue weighted by Gasteiger charge is 2.64. The van der Waals surface area contributed by atoms with Crippen LogP contribution in [0.3, 0.4) is 0 Å². The van der Waals surface area contributed by atoms with Crippen LogP contribution in [0.15, 0.2) is 72.8 Å². The van der Waals surface area contributed by atoms with E-state index in [9.17, 15) is 26.3 Å². The second kappa shape index (κ2) is 20.2. The first-order valence-electron chi connectivity index (χ1n) is 8.27. The SMILES string of the molecule is C.CC(C)(C(F)(F)F)C(F)(F)F.COC.COC.c1ccccc1.c1ccccc1. The molecule has 0 bridgehead atoms. The minimum absolute atomic E-state index is 0. The van der Waals surface area contributed by atoms with Crippen LogP contribution in [-0.2, 0) is 9.47 Å². The van der Waals surface area contributed by atoms with Gasteiger partial charge in [0.2, 0.25) is 0 Å². The minimum atomic E-state index is -5.24. The highest BCUT2D eigenvalue weighted by molar-refractivity contribution is 4.99. The standard InChI is InChI=1S/2C6H6.C5H6F6.2C2H6O.CH4/c2*1-2-4-6-5-3-1;1-3(2,4(6,7)8)5(9,10)11;2*1-3-2;/h2*1-6H;1-2H3;2*1-2H3;1H4. The van der Waals surface area contributed by atoms with Crippen molar-refractivity contribution >= 4 is 0 Å². The van der Waals surface area contributed by atoms with Gasteiger partial charge >= 0.3 is 12.4 Å². The van der Waals surface area contributed by atoms with Gasteiger partial charge in [0.05, 0.1) is 0 Å². The van der Waals surface area contributed by atoms with Gasteiger partial charge < -0.3 is 9.47 Å². The Morgan fingerprint density at radius 2 is 0.533 bits per heavy atom. The van der Waals surface area contributed by atoms with Gasteiger partial charge in [0, 0.05) is 28.4 Å². The largest absolute Gasteiger partial charge is 0.402 e. The van der Waals surface area contributed by atoms with E-state index in [-0.39, 0.29) is 21.3 Å². The Hall–Kier alpha value is -2.06.